The van der Waals surface area contributed by atoms with Crippen LogP contribution >= 0.6 is 15.9 Å². The summed E-state index contributed by atoms with van der Waals surface area (Å²) in [4.78, 5) is 14.2. The molecular weight excluding hydrogens is 306 g/mol. The smallest absolute Gasteiger partial charge is 0.138 e. The van der Waals surface area contributed by atoms with Crippen molar-refractivity contribution in [2.24, 2.45) is 0 Å². The van der Waals surface area contributed by atoms with Crippen LogP contribution in [0.2, 0.25) is 0 Å². The van der Waals surface area contributed by atoms with Gasteiger partial charge in [-0.15, -0.1) is 0 Å². The molecule has 0 aliphatic carbocycles. The summed E-state index contributed by atoms with van der Waals surface area (Å²) in [7, 11) is 0. The zero-order chi connectivity index (χ0) is 13.8. The summed E-state index contributed by atoms with van der Waals surface area (Å²) < 4.78 is 1.03. The van der Waals surface area contributed by atoms with Crippen LogP contribution in [0.25, 0.3) is 0 Å². The molecule has 1 aliphatic rings. The van der Waals surface area contributed by atoms with E-state index in [4.69, 9.17) is 0 Å². The Morgan fingerprint density at radius 3 is 2.47 bits per heavy atom. The summed E-state index contributed by atoms with van der Waals surface area (Å²) in [5, 5.41) is 9.52. The summed E-state index contributed by atoms with van der Waals surface area (Å²) >= 11 is 3.41. The van der Waals surface area contributed by atoms with E-state index < -0.39 is 0 Å². The molecule has 1 saturated heterocycles. The largest absolute Gasteiger partial charge is 0.393 e. The Hall–Kier alpha value is -0.710. The van der Waals surface area contributed by atoms with E-state index in [9.17, 15) is 9.90 Å². The molecule has 1 aliphatic heterocycles. The first-order valence-corrected chi connectivity index (χ1v) is 7.52. The highest BCUT2D eigenvalue weighted by Gasteiger charge is 2.23. The number of rotatable bonds is 4. The number of hydrogen-bond donors (Lipinski definition) is 1. The Morgan fingerprint density at radius 1 is 1.37 bits per heavy atom. The number of nitrogens with zero attached hydrogens (tertiary/aromatic N) is 1. The van der Waals surface area contributed by atoms with Crippen molar-refractivity contribution in [3.8, 4) is 0 Å². The highest BCUT2D eigenvalue weighted by molar-refractivity contribution is 9.10. The molecule has 1 fully saturated rings. The van der Waals surface area contributed by atoms with Gasteiger partial charge in [-0.2, -0.15) is 0 Å². The molecule has 0 saturated carbocycles. The lowest BCUT2D eigenvalue weighted by Gasteiger charge is -2.32. The standard InChI is InChI=1S/C15H20BrNO2/c1-11(18)15(12-2-4-13(16)5-3-12)10-17-8-6-14(19)7-9-17/h2-5,14-15,19H,6-10H2,1H3/t15-/m0/s1. The number of piperidine rings is 1. The average Bonchev–Trinajstić information content (AvgIpc) is 2.39. The summed E-state index contributed by atoms with van der Waals surface area (Å²) in [5.74, 6) is 0.136. The van der Waals surface area contributed by atoms with Gasteiger partial charge < -0.3 is 10.0 Å². The molecule has 0 aromatic heterocycles. The van der Waals surface area contributed by atoms with E-state index in [1.54, 1.807) is 6.92 Å². The van der Waals surface area contributed by atoms with Crippen molar-refractivity contribution in [2.75, 3.05) is 19.6 Å². The number of aliphatic hydroxyl groups excluding tert-OH is 1. The second kappa shape index (κ2) is 6.64. The molecule has 0 spiro atoms. The molecule has 4 heteroatoms. The quantitative estimate of drug-likeness (QED) is 0.925. The van der Waals surface area contributed by atoms with Crippen molar-refractivity contribution in [3.63, 3.8) is 0 Å². The van der Waals surface area contributed by atoms with Crippen molar-refractivity contribution in [2.45, 2.75) is 31.8 Å². The van der Waals surface area contributed by atoms with E-state index in [1.807, 2.05) is 24.3 Å². The van der Waals surface area contributed by atoms with Crippen LogP contribution in [-0.2, 0) is 4.79 Å². The molecule has 1 atom stereocenters. The normalized spacial score (nSPS) is 19.3. The third-order valence-corrected chi connectivity index (χ3v) is 4.29. The van der Waals surface area contributed by atoms with Gasteiger partial charge in [-0.1, -0.05) is 28.1 Å². The fourth-order valence-corrected chi connectivity index (χ4v) is 2.79. The Bertz CT molecular complexity index is 424. The third-order valence-electron chi connectivity index (χ3n) is 3.76. The number of benzene rings is 1. The lowest BCUT2D eigenvalue weighted by molar-refractivity contribution is -0.119. The SMILES string of the molecule is CC(=O)[C@H](CN1CCC(O)CC1)c1ccc(Br)cc1. The van der Waals surface area contributed by atoms with E-state index in [2.05, 4.69) is 20.8 Å². The van der Waals surface area contributed by atoms with Crippen LogP contribution in [0.5, 0.6) is 0 Å². The van der Waals surface area contributed by atoms with Gasteiger partial charge >= 0.3 is 0 Å². The second-order valence-electron chi connectivity index (χ2n) is 5.25. The lowest BCUT2D eigenvalue weighted by atomic mass is 9.94. The van der Waals surface area contributed by atoms with E-state index >= 15 is 0 Å². The van der Waals surface area contributed by atoms with E-state index in [-0.39, 0.29) is 17.8 Å². The van der Waals surface area contributed by atoms with Gasteiger partial charge in [0.05, 0.1) is 12.0 Å². The number of ketones is 1. The van der Waals surface area contributed by atoms with Crippen molar-refractivity contribution in [1.29, 1.82) is 0 Å². The Balaban J connectivity index is 2.04. The van der Waals surface area contributed by atoms with Gasteiger partial charge in [0.1, 0.15) is 5.78 Å². The molecule has 0 unspecified atom stereocenters. The fourth-order valence-electron chi connectivity index (χ4n) is 2.52. The number of hydrogen-bond acceptors (Lipinski definition) is 3. The lowest BCUT2D eigenvalue weighted by Crippen LogP contribution is -2.39. The predicted molar refractivity (Wildman–Crippen MR) is 79.2 cm³/mol. The van der Waals surface area contributed by atoms with Crippen molar-refractivity contribution < 1.29 is 9.90 Å². The monoisotopic (exact) mass is 325 g/mol. The van der Waals surface area contributed by atoms with Gasteiger partial charge in [-0.05, 0) is 37.5 Å². The van der Waals surface area contributed by atoms with Gasteiger partial charge in [-0.3, -0.25) is 4.79 Å². The highest BCUT2D eigenvalue weighted by Crippen LogP contribution is 2.22. The maximum absolute atomic E-state index is 11.9. The minimum Gasteiger partial charge on any atom is -0.393 e. The topological polar surface area (TPSA) is 40.5 Å². The van der Waals surface area contributed by atoms with Crippen LogP contribution < -0.4 is 0 Å². The summed E-state index contributed by atoms with van der Waals surface area (Å²) in [5.41, 5.74) is 1.07. The number of aliphatic hydroxyl groups is 1. The summed E-state index contributed by atoms with van der Waals surface area (Å²) in [6.45, 7) is 4.16. The van der Waals surface area contributed by atoms with Crippen LogP contribution in [-0.4, -0.2) is 41.5 Å². The van der Waals surface area contributed by atoms with Crippen molar-refractivity contribution in [1.82, 2.24) is 4.90 Å². The minimum atomic E-state index is -0.167. The van der Waals surface area contributed by atoms with E-state index in [0.29, 0.717) is 0 Å². The molecule has 0 radical (unpaired) electrons. The number of carbonyl (C=O) groups excluding carboxylic acids is 1. The van der Waals surface area contributed by atoms with Crippen LogP contribution in [0.15, 0.2) is 28.7 Å². The van der Waals surface area contributed by atoms with Crippen molar-refractivity contribution >= 4 is 21.7 Å². The van der Waals surface area contributed by atoms with Crippen LogP contribution in [0.3, 0.4) is 0 Å². The van der Waals surface area contributed by atoms with Gasteiger partial charge in [0.25, 0.3) is 0 Å². The molecular formula is C15H20BrNO2. The molecule has 104 valence electrons. The summed E-state index contributed by atoms with van der Waals surface area (Å²) in [6.07, 6.45) is 1.45. The Labute approximate surface area is 122 Å². The third kappa shape index (κ3) is 4.13. The first kappa shape index (κ1) is 14.7. The van der Waals surface area contributed by atoms with Gasteiger partial charge in [0.2, 0.25) is 0 Å². The molecule has 2 rings (SSSR count). The molecule has 19 heavy (non-hydrogen) atoms. The Morgan fingerprint density at radius 2 is 1.95 bits per heavy atom. The fraction of sp³-hybridized carbons (Fsp3) is 0.533. The number of Topliss-reactive ketones (excluding diaryl/α,β-unsaturated/α-hetero) is 1. The highest BCUT2D eigenvalue weighted by atomic mass is 79.9. The molecule has 1 aromatic rings. The molecule has 1 aromatic carbocycles. The van der Waals surface area contributed by atoms with E-state index in [1.165, 1.54) is 0 Å². The predicted octanol–water partition coefficient (Wildman–Crippen LogP) is 2.58. The molecule has 3 nitrogen and oxygen atoms in total. The van der Waals surface area contributed by atoms with E-state index in [0.717, 1.165) is 42.5 Å². The van der Waals surface area contributed by atoms with Crippen LogP contribution in [0, 0.1) is 0 Å². The zero-order valence-corrected chi connectivity index (χ0v) is 12.8. The maximum atomic E-state index is 11.9. The minimum absolute atomic E-state index is 0.0663. The molecule has 1 heterocycles. The summed E-state index contributed by atoms with van der Waals surface area (Å²) in [6, 6.07) is 7.97. The zero-order valence-electron chi connectivity index (χ0n) is 11.2. The van der Waals surface area contributed by atoms with Gasteiger partial charge in [-0.25, -0.2) is 0 Å². The molecule has 1 N–H and O–H groups in total. The molecule has 0 amide bonds. The first-order valence-electron chi connectivity index (χ1n) is 6.72. The van der Waals surface area contributed by atoms with Crippen molar-refractivity contribution in [3.05, 3.63) is 34.3 Å². The maximum Gasteiger partial charge on any atom is 0.138 e. The number of halogens is 1. The molecule has 0 bridgehead atoms. The van der Waals surface area contributed by atoms with Crippen LogP contribution in [0.4, 0.5) is 0 Å². The van der Waals surface area contributed by atoms with Gasteiger partial charge in [0, 0.05) is 24.1 Å². The van der Waals surface area contributed by atoms with Crippen LogP contribution in [0.1, 0.15) is 31.2 Å². The Kier molecular flexibility index (Phi) is 5.13. The average molecular weight is 326 g/mol. The number of carbonyl (C=O) groups is 1. The second-order valence-corrected chi connectivity index (χ2v) is 6.16. The van der Waals surface area contributed by atoms with Gasteiger partial charge in [0.15, 0.2) is 0 Å². The first-order chi connectivity index (χ1) is 9.06. The number of likely N-dealkylation sites (tertiary alicyclic amines) is 1.